The first-order valence-electron chi connectivity index (χ1n) is 7.53. The smallest absolute Gasteiger partial charge is 0.246 e. The molecule has 2 fully saturated rings. The number of amides is 2. The average Bonchev–Trinajstić information content (AvgIpc) is 3.21. The fraction of sp³-hybridized carbons (Fsp3) is 0.857. The van der Waals surface area contributed by atoms with E-state index in [1.807, 2.05) is 13.8 Å². The van der Waals surface area contributed by atoms with E-state index in [9.17, 15) is 18.0 Å². The molecule has 0 radical (unpaired) electrons. The molecule has 0 aromatic heterocycles. The van der Waals surface area contributed by atoms with Gasteiger partial charge in [-0.1, -0.05) is 20.3 Å². The van der Waals surface area contributed by atoms with Crippen molar-refractivity contribution < 1.29 is 18.0 Å². The molecule has 1 saturated carbocycles. The number of piperazine rings is 1. The molecule has 0 bridgehead atoms. The summed E-state index contributed by atoms with van der Waals surface area (Å²) in [5.41, 5.74) is 0. The van der Waals surface area contributed by atoms with Crippen molar-refractivity contribution in [2.75, 3.05) is 18.6 Å². The second-order valence-electron chi connectivity index (χ2n) is 6.32. The molecule has 120 valence electrons. The SMILES string of the molecule is CCC(C)C1NC(=O)C(C2CC2)N(CCS(C)(=O)=O)C1=O. The van der Waals surface area contributed by atoms with Crippen molar-refractivity contribution in [3.63, 3.8) is 0 Å². The summed E-state index contributed by atoms with van der Waals surface area (Å²) in [5, 5.41) is 2.84. The molecule has 21 heavy (non-hydrogen) atoms. The third-order valence-corrected chi connectivity index (χ3v) is 5.36. The Morgan fingerprint density at radius 2 is 1.95 bits per heavy atom. The number of carbonyl (C=O) groups is 2. The van der Waals surface area contributed by atoms with Gasteiger partial charge in [0.05, 0.1) is 5.75 Å². The maximum Gasteiger partial charge on any atom is 0.246 e. The van der Waals surface area contributed by atoms with Gasteiger partial charge in [0.25, 0.3) is 0 Å². The van der Waals surface area contributed by atoms with Crippen LogP contribution >= 0.6 is 0 Å². The van der Waals surface area contributed by atoms with Crippen LogP contribution in [0.4, 0.5) is 0 Å². The number of nitrogens with zero attached hydrogens (tertiary/aromatic N) is 1. The summed E-state index contributed by atoms with van der Waals surface area (Å²) in [6.45, 7) is 4.01. The zero-order chi connectivity index (χ0) is 15.8. The van der Waals surface area contributed by atoms with E-state index < -0.39 is 21.9 Å². The van der Waals surface area contributed by atoms with Crippen LogP contribution in [0.1, 0.15) is 33.1 Å². The van der Waals surface area contributed by atoms with Crippen LogP contribution < -0.4 is 5.32 Å². The van der Waals surface area contributed by atoms with E-state index in [1.165, 1.54) is 4.90 Å². The van der Waals surface area contributed by atoms with Crippen LogP contribution in [0.25, 0.3) is 0 Å². The molecule has 1 saturated heterocycles. The summed E-state index contributed by atoms with van der Waals surface area (Å²) in [6.07, 6.45) is 3.79. The minimum atomic E-state index is -3.16. The Balaban J connectivity index is 2.20. The zero-order valence-electron chi connectivity index (χ0n) is 12.8. The Morgan fingerprint density at radius 1 is 1.33 bits per heavy atom. The second kappa shape index (κ2) is 5.94. The summed E-state index contributed by atoms with van der Waals surface area (Å²) >= 11 is 0. The standard InChI is InChI=1S/C14H24N2O4S/c1-4-9(2)11-14(18)16(7-8-21(3,19)20)12(10-5-6-10)13(17)15-11/h9-12H,4-8H2,1-3H3,(H,15,17). The number of nitrogens with one attached hydrogen (secondary N) is 1. The molecular formula is C14H24N2O4S. The number of hydrogen-bond donors (Lipinski definition) is 1. The maximum absolute atomic E-state index is 12.6. The van der Waals surface area contributed by atoms with Gasteiger partial charge in [0.1, 0.15) is 21.9 Å². The first kappa shape index (κ1) is 16.3. The zero-order valence-corrected chi connectivity index (χ0v) is 13.6. The Bertz CT molecular complexity index is 527. The van der Waals surface area contributed by atoms with Crippen molar-refractivity contribution in [3.8, 4) is 0 Å². The lowest BCUT2D eigenvalue weighted by Gasteiger charge is -2.41. The highest BCUT2D eigenvalue weighted by atomic mass is 32.2. The van der Waals surface area contributed by atoms with Gasteiger partial charge in [0, 0.05) is 12.8 Å². The Hall–Kier alpha value is -1.11. The molecule has 6 nitrogen and oxygen atoms in total. The molecule has 0 aromatic rings. The molecule has 3 atom stereocenters. The van der Waals surface area contributed by atoms with Crippen molar-refractivity contribution in [1.82, 2.24) is 10.2 Å². The van der Waals surface area contributed by atoms with Crippen LogP contribution in [0, 0.1) is 11.8 Å². The van der Waals surface area contributed by atoms with E-state index in [-0.39, 0.29) is 35.9 Å². The van der Waals surface area contributed by atoms with Crippen LogP contribution in [0.5, 0.6) is 0 Å². The lowest BCUT2D eigenvalue weighted by Crippen LogP contribution is -2.66. The molecule has 2 aliphatic rings. The van der Waals surface area contributed by atoms with Gasteiger partial charge < -0.3 is 10.2 Å². The Morgan fingerprint density at radius 3 is 2.43 bits per heavy atom. The van der Waals surface area contributed by atoms with Crippen molar-refractivity contribution >= 4 is 21.7 Å². The van der Waals surface area contributed by atoms with Crippen LogP contribution in [0.15, 0.2) is 0 Å². The molecule has 2 rings (SSSR count). The van der Waals surface area contributed by atoms with E-state index in [0.29, 0.717) is 0 Å². The summed E-state index contributed by atoms with van der Waals surface area (Å²) < 4.78 is 22.8. The van der Waals surface area contributed by atoms with Crippen molar-refractivity contribution in [1.29, 1.82) is 0 Å². The lowest BCUT2D eigenvalue weighted by molar-refractivity contribution is -0.151. The first-order valence-corrected chi connectivity index (χ1v) is 9.59. The Labute approximate surface area is 126 Å². The van der Waals surface area contributed by atoms with E-state index in [0.717, 1.165) is 25.5 Å². The monoisotopic (exact) mass is 316 g/mol. The predicted octanol–water partition coefficient (Wildman–Crippen LogP) is 0.183. The molecule has 1 N–H and O–H groups in total. The molecule has 1 aliphatic heterocycles. The van der Waals surface area contributed by atoms with Gasteiger partial charge >= 0.3 is 0 Å². The number of rotatable bonds is 6. The van der Waals surface area contributed by atoms with Gasteiger partial charge in [-0.25, -0.2) is 8.42 Å². The highest BCUT2D eigenvalue weighted by Gasteiger charge is 2.48. The minimum absolute atomic E-state index is 0.0438. The molecule has 7 heteroatoms. The average molecular weight is 316 g/mol. The van der Waals surface area contributed by atoms with Gasteiger partial charge in [-0.05, 0) is 24.7 Å². The predicted molar refractivity (Wildman–Crippen MR) is 79.3 cm³/mol. The van der Waals surface area contributed by atoms with Gasteiger partial charge in [0.15, 0.2) is 0 Å². The molecule has 2 amide bonds. The number of carbonyl (C=O) groups excluding carboxylic acids is 2. The summed E-state index contributed by atoms with van der Waals surface area (Å²) in [6, 6.07) is -1.02. The van der Waals surface area contributed by atoms with Gasteiger partial charge in [-0.3, -0.25) is 9.59 Å². The fourth-order valence-corrected chi connectivity index (χ4v) is 3.30. The van der Waals surface area contributed by atoms with Gasteiger partial charge in [0.2, 0.25) is 11.8 Å². The number of hydrogen-bond acceptors (Lipinski definition) is 4. The van der Waals surface area contributed by atoms with Gasteiger partial charge in [-0.2, -0.15) is 0 Å². The molecule has 1 heterocycles. The summed E-state index contributed by atoms with van der Waals surface area (Å²) in [4.78, 5) is 26.5. The van der Waals surface area contributed by atoms with Crippen LogP contribution in [-0.2, 0) is 19.4 Å². The third-order valence-electron chi connectivity index (χ3n) is 4.44. The molecular weight excluding hydrogens is 292 g/mol. The van der Waals surface area contributed by atoms with E-state index >= 15 is 0 Å². The summed E-state index contributed by atoms with van der Waals surface area (Å²) in [7, 11) is -3.16. The quantitative estimate of drug-likeness (QED) is 0.758. The lowest BCUT2D eigenvalue weighted by atomic mass is 9.93. The maximum atomic E-state index is 12.6. The molecule has 0 aromatic carbocycles. The Kier molecular flexibility index (Phi) is 4.60. The number of sulfone groups is 1. The second-order valence-corrected chi connectivity index (χ2v) is 8.58. The molecule has 1 aliphatic carbocycles. The third kappa shape index (κ3) is 3.75. The van der Waals surface area contributed by atoms with Crippen LogP contribution in [-0.4, -0.2) is 55.8 Å². The largest absolute Gasteiger partial charge is 0.342 e. The van der Waals surface area contributed by atoms with Gasteiger partial charge in [-0.15, -0.1) is 0 Å². The summed E-state index contributed by atoms with van der Waals surface area (Å²) in [5.74, 6) is -0.128. The van der Waals surface area contributed by atoms with E-state index in [1.54, 1.807) is 0 Å². The first-order chi connectivity index (χ1) is 9.74. The molecule has 3 unspecified atom stereocenters. The van der Waals surface area contributed by atoms with Crippen LogP contribution in [0.3, 0.4) is 0 Å². The van der Waals surface area contributed by atoms with E-state index in [2.05, 4.69) is 5.32 Å². The topological polar surface area (TPSA) is 83.6 Å². The highest BCUT2D eigenvalue weighted by Crippen LogP contribution is 2.37. The van der Waals surface area contributed by atoms with Crippen molar-refractivity contribution in [2.24, 2.45) is 11.8 Å². The van der Waals surface area contributed by atoms with E-state index in [4.69, 9.17) is 0 Å². The highest BCUT2D eigenvalue weighted by molar-refractivity contribution is 7.90. The van der Waals surface area contributed by atoms with Crippen molar-refractivity contribution in [2.45, 2.75) is 45.2 Å². The fourth-order valence-electron chi connectivity index (χ4n) is 2.77. The minimum Gasteiger partial charge on any atom is -0.342 e. The normalized spacial score (nSPS) is 28.4. The van der Waals surface area contributed by atoms with Crippen molar-refractivity contribution in [3.05, 3.63) is 0 Å². The van der Waals surface area contributed by atoms with Crippen LogP contribution in [0.2, 0.25) is 0 Å². The molecule has 0 spiro atoms.